The second-order valence-corrected chi connectivity index (χ2v) is 5.69. The molecule has 0 radical (unpaired) electrons. The second-order valence-electron chi connectivity index (χ2n) is 3.74. The van der Waals surface area contributed by atoms with E-state index in [-0.39, 0.29) is 24.1 Å². The number of halogens is 4. The Morgan fingerprint density at radius 2 is 1.84 bits per heavy atom. The fourth-order valence-electron chi connectivity index (χ4n) is 1.63. The molecule has 19 heavy (non-hydrogen) atoms. The Hall–Kier alpha value is -0.880. The van der Waals surface area contributed by atoms with Gasteiger partial charge in [-0.1, -0.05) is 30.3 Å². The van der Waals surface area contributed by atoms with Crippen molar-refractivity contribution in [1.29, 1.82) is 0 Å². The van der Waals surface area contributed by atoms with Crippen molar-refractivity contribution in [3.8, 4) is 5.75 Å². The second kappa shape index (κ2) is 6.05. The molecule has 102 valence electrons. The lowest BCUT2D eigenvalue weighted by Gasteiger charge is -2.11. The van der Waals surface area contributed by atoms with Crippen molar-refractivity contribution in [3.05, 3.63) is 40.9 Å². The molecular weight excluding hydrogens is 341 g/mol. The minimum Gasteiger partial charge on any atom is -0.492 e. The highest BCUT2D eigenvalue weighted by atomic mass is 79.9. The molecule has 0 N–H and O–H groups in total. The van der Waals surface area contributed by atoms with Gasteiger partial charge in [-0.25, -0.2) is 0 Å². The fourth-order valence-corrected chi connectivity index (χ4v) is 2.64. The van der Waals surface area contributed by atoms with Crippen LogP contribution in [0.3, 0.4) is 0 Å². The highest BCUT2D eigenvalue weighted by Gasteiger charge is 2.27. The summed E-state index contributed by atoms with van der Waals surface area (Å²) in [7, 11) is 0. The lowest BCUT2D eigenvalue weighted by Crippen LogP contribution is -2.07. The average molecular weight is 351 g/mol. The molecule has 0 aliphatic carbocycles. The maximum Gasteiger partial charge on any atom is 0.441 e. The lowest BCUT2D eigenvalue weighted by molar-refractivity contribution is -0.0329. The monoisotopic (exact) mass is 350 g/mol. The molecule has 0 bridgehead atoms. The Labute approximate surface area is 121 Å². The Morgan fingerprint density at radius 1 is 1.11 bits per heavy atom. The van der Waals surface area contributed by atoms with Gasteiger partial charge in [-0.3, -0.25) is 0 Å². The summed E-state index contributed by atoms with van der Waals surface area (Å²) in [5.41, 5.74) is -4.20. The number of thioether (sulfide) groups is 1. The molecule has 0 aliphatic heterocycles. The molecule has 0 spiro atoms. The average Bonchev–Trinajstić information content (AvgIpc) is 2.36. The van der Waals surface area contributed by atoms with Gasteiger partial charge >= 0.3 is 5.51 Å². The van der Waals surface area contributed by atoms with Crippen LogP contribution in [0.25, 0.3) is 10.8 Å². The van der Waals surface area contributed by atoms with Gasteiger partial charge in [0.15, 0.2) is 0 Å². The predicted octanol–water partition coefficient (Wildman–Crippen LogP) is 5.23. The van der Waals surface area contributed by atoms with Gasteiger partial charge in [0.25, 0.3) is 0 Å². The van der Waals surface area contributed by atoms with Gasteiger partial charge in [-0.15, -0.1) is 0 Å². The van der Waals surface area contributed by atoms with Gasteiger partial charge in [-0.2, -0.15) is 13.2 Å². The summed E-state index contributed by atoms with van der Waals surface area (Å²) in [4.78, 5) is 0. The van der Waals surface area contributed by atoms with Crippen molar-refractivity contribution in [3.63, 3.8) is 0 Å². The molecule has 2 rings (SSSR count). The van der Waals surface area contributed by atoms with Crippen molar-refractivity contribution in [1.82, 2.24) is 0 Å². The van der Waals surface area contributed by atoms with Crippen LogP contribution in [0, 0.1) is 0 Å². The van der Waals surface area contributed by atoms with E-state index in [2.05, 4.69) is 15.9 Å². The molecule has 0 heterocycles. The van der Waals surface area contributed by atoms with E-state index < -0.39 is 5.51 Å². The van der Waals surface area contributed by atoms with Crippen molar-refractivity contribution < 1.29 is 17.9 Å². The summed E-state index contributed by atoms with van der Waals surface area (Å²) in [6.07, 6.45) is 0. The highest BCUT2D eigenvalue weighted by molar-refractivity contribution is 9.10. The minimum atomic E-state index is -4.20. The Balaban J connectivity index is 2.03. The highest BCUT2D eigenvalue weighted by Crippen LogP contribution is 2.34. The Bertz CT molecular complexity index is 571. The first kappa shape index (κ1) is 14.5. The van der Waals surface area contributed by atoms with Gasteiger partial charge in [0.2, 0.25) is 0 Å². The molecule has 2 aromatic rings. The van der Waals surface area contributed by atoms with E-state index in [1.165, 1.54) is 0 Å². The van der Waals surface area contributed by atoms with Crippen molar-refractivity contribution in [2.45, 2.75) is 5.51 Å². The van der Waals surface area contributed by atoms with Crippen molar-refractivity contribution in [2.24, 2.45) is 0 Å². The Kier molecular flexibility index (Phi) is 4.62. The molecule has 0 saturated carbocycles. The summed E-state index contributed by atoms with van der Waals surface area (Å²) >= 11 is 3.34. The molecule has 0 atom stereocenters. The van der Waals surface area contributed by atoms with Crippen LogP contribution in [0.1, 0.15) is 0 Å². The molecular formula is C13H10BrF3OS. The van der Waals surface area contributed by atoms with Gasteiger partial charge in [0.1, 0.15) is 5.75 Å². The van der Waals surface area contributed by atoms with E-state index in [0.29, 0.717) is 5.75 Å². The summed E-state index contributed by atoms with van der Waals surface area (Å²) in [6, 6.07) is 11.3. The molecule has 2 aromatic carbocycles. The Morgan fingerprint density at radius 3 is 2.58 bits per heavy atom. The standard InChI is InChI=1S/C13H10BrF3OS/c14-12-10-4-2-1-3-9(10)5-6-11(12)18-7-8-19-13(15,16)17/h1-6H,7-8H2. The number of hydrogen-bond acceptors (Lipinski definition) is 2. The molecule has 0 amide bonds. The summed E-state index contributed by atoms with van der Waals surface area (Å²) in [6.45, 7) is 0.0150. The lowest BCUT2D eigenvalue weighted by atomic mass is 10.1. The van der Waals surface area contributed by atoms with Crippen LogP contribution in [0.2, 0.25) is 0 Å². The SMILES string of the molecule is FC(F)(F)SCCOc1ccc2ccccc2c1Br. The topological polar surface area (TPSA) is 9.23 Å². The predicted molar refractivity (Wildman–Crippen MR) is 75.7 cm³/mol. The van der Waals surface area contributed by atoms with Gasteiger partial charge in [0.05, 0.1) is 11.1 Å². The maximum atomic E-state index is 12.0. The summed E-state index contributed by atoms with van der Waals surface area (Å²) in [5.74, 6) is 0.435. The smallest absolute Gasteiger partial charge is 0.441 e. The summed E-state index contributed by atoms with van der Waals surface area (Å²) < 4.78 is 42.0. The van der Waals surface area contributed by atoms with E-state index in [1.807, 2.05) is 30.3 Å². The van der Waals surface area contributed by atoms with Crippen LogP contribution in [0.5, 0.6) is 5.75 Å². The fraction of sp³-hybridized carbons (Fsp3) is 0.231. The number of benzene rings is 2. The van der Waals surface area contributed by atoms with Crippen molar-refractivity contribution in [2.75, 3.05) is 12.4 Å². The number of hydrogen-bond donors (Lipinski definition) is 0. The van der Waals surface area contributed by atoms with Gasteiger partial charge < -0.3 is 4.74 Å². The summed E-state index contributed by atoms with van der Waals surface area (Å²) in [5, 5.41) is 2.02. The molecule has 0 unspecified atom stereocenters. The first-order valence-electron chi connectivity index (χ1n) is 5.48. The number of alkyl halides is 3. The van der Waals surface area contributed by atoms with E-state index in [1.54, 1.807) is 6.07 Å². The van der Waals surface area contributed by atoms with Crippen molar-refractivity contribution >= 4 is 38.5 Å². The third-order valence-electron chi connectivity index (χ3n) is 2.43. The van der Waals surface area contributed by atoms with Crippen LogP contribution in [0.15, 0.2) is 40.9 Å². The van der Waals surface area contributed by atoms with E-state index in [4.69, 9.17) is 4.74 Å². The van der Waals surface area contributed by atoms with E-state index in [0.717, 1.165) is 15.2 Å². The quantitative estimate of drug-likeness (QED) is 0.698. The first-order valence-corrected chi connectivity index (χ1v) is 7.26. The maximum absolute atomic E-state index is 12.0. The van der Waals surface area contributed by atoms with Crippen LogP contribution in [0.4, 0.5) is 13.2 Å². The third kappa shape index (κ3) is 4.04. The zero-order valence-electron chi connectivity index (χ0n) is 9.71. The zero-order chi connectivity index (χ0) is 13.9. The number of fused-ring (bicyclic) bond motifs is 1. The molecule has 0 fully saturated rings. The van der Waals surface area contributed by atoms with E-state index >= 15 is 0 Å². The van der Waals surface area contributed by atoms with Gasteiger partial charge in [-0.05, 0) is 44.5 Å². The normalized spacial score (nSPS) is 11.8. The molecule has 0 saturated heterocycles. The third-order valence-corrected chi connectivity index (χ3v) is 3.95. The van der Waals surface area contributed by atoms with Gasteiger partial charge in [0, 0.05) is 5.75 Å². The van der Waals surface area contributed by atoms with Crippen LogP contribution < -0.4 is 4.74 Å². The largest absolute Gasteiger partial charge is 0.492 e. The zero-order valence-corrected chi connectivity index (χ0v) is 12.1. The molecule has 1 nitrogen and oxygen atoms in total. The molecule has 0 aliphatic rings. The minimum absolute atomic E-state index is 0.0150. The molecule has 0 aromatic heterocycles. The van der Waals surface area contributed by atoms with Crippen LogP contribution in [-0.4, -0.2) is 17.9 Å². The van der Waals surface area contributed by atoms with Crippen LogP contribution in [-0.2, 0) is 0 Å². The van der Waals surface area contributed by atoms with E-state index in [9.17, 15) is 13.2 Å². The first-order chi connectivity index (χ1) is 8.97. The number of ether oxygens (including phenoxy) is 1. The van der Waals surface area contributed by atoms with Crippen LogP contribution >= 0.6 is 27.7 Å². The molecule has 6 heteroatoms. The number of rotatable bonds is 4.